The smallest absolute Gasteiger partial charge is 0.220 e. The van der Waals surface area contributed by atoms with Crippen molar-refractivity contribution in [1.82, 2.24) is 25.4 Å². The van der Waals surface area contributed by atoms with Crippen molar-refractivity contribution < 1.29 is 28.6 Å². The average molecular weight is 500 g/mol. The number of benzene rings is 2. The highest BCUT2D eigenvalue weighted by molar-refractivity contribution is 5.76. The van der Waals surface area contributed by atoms with Gasteiger partial charge in [0.2, 0.25) is 5.91 Å². The first-order valence-corrected chi connectivity index (χ1v) is 12.2. The molecule has 1 fully saturated rings. The highest BCUT2D eigenvalue weighted by Crippen LogP contribution is 2.33. The second-order valence-electron chi connectivity index (χ2n) is 9.06. The zero-order valence-corrected chi connectivity index (χ0v) is 19.9. The van der Waals surface area contributed by atoms with Crippen LogP contribution in [-0.4, -0.2) is 82.7 Å². The highest BCUT2D eigenvalue weighted by atomic mass is 19.1. The second kappa shape index (κ2) is 11.1. The van der Waals surface area contributed by atoms with Gasteiger partial charge in [0.05, 0.1) is 6.04 Å². The number of amides is 1. The first kappa shape index (κ1) is 24.3. The van der Waals surface area contributed by atoms with E-state index in [0.717, 1.165) is 11.0 Å². The molecule has 3 heterocycles. The number of aliphatic hydroxyl groups excluding tert-OH is 1. The second-order valence-corrected chi connectivity index (χ2v) is 9.06. The van der Waals surface area contributed by atoms with Crippen molar-refractivity contribution >= 4 is 16.9 Å². The van der Waals surface area contributed by atoms with Crippen molar-refractivity contribution in [2.45, 2.75) is 37.6 Å². The Kier molecular flexibility index (Phi) is 7.47. The minimum atomic E-state index is -0.999. The molecule has 1 aromatic heterocycles. The zero-order chi connectivity index (χ0) is 24.9. The molecule has 2 aromatic carbocycles. The normalized spacial score (nSPS) is 19.2. The molecule has 0 aliphatic carbocycles. The number of aromatic nitrogens is 3. The van der Waals surface area contributed by atoms with Crippen LogP contribution < -0.4 is 19.6 Å². The van der Waals surface area contributed by atoms with Crippen molar-refractivity contribution in [2.24, 2.45) is 0 Å². The van der Waals surface area contributed by atoms with Crippen molar-refractivity contribution in [3.8, 4) is 11.5 Å². The fourth-order valence-electron chi connectivity index (χ4n) is 4.54. The standard InChI is InChI=1S/C25H30FN5O5/c26-18-9-10-30(15-18)16-20(25(33)17-7-8-22-23(14-17)35-13-12-34-22)27-24(32)6-3-11-36-31-21-5-2-1-4-19(21)28-29-31/h1-2,4-5,7-8,14,18,20,25,33H,3,6,9-13,15-16H2,(H,27,32). The predicted octanol–water partition coefficient (Wildman–Crippen LogP) is 1.67. The number of carbonyl (C=O) groups excluding carboxylic acids is 1. The Morgan fingerprint density at radius 1 is 1.22 bits per heavy atom. The lowest BCUT2D eigenvalue weighted by atomic mass is 10.0. The third-order valence-corrected chi connectivity index (χ3v) is 6.39. The minimum Gasteiger partial charge on any atom is -0.486 e. The molecule has 0 spiro atoms. The first-order valence-electron chi connectivity index (χ1n) is 12.2. The fraction of sp³-hybridized carbons (Fsp3) is 0.480. The number of fused-ring (bicyclic) bond motifs is 2. The summed E-state index contributed by atoms with van der Waals surface area (Å²) in [6, 6.07) is 12.1. The van der Waals surface area contributed by atoms with Gasteiger partial charge in [0.1, 0.15) is 43.1 Å². The van der Waals surface area contributed by atoms with Gasteiger partial charge >= 0.3 is 0 Å². The van der Waals surface area contributed by atoms with Crippen LogP contribution in [0.1, 0.15) is 30.9 Å². The molecule has 2 aliphatic rings. The molecule has 2 N–H and O–H groups in total. The number of aliphatic hydroxyl groups is 1. The monoisotopic (exact) mass is 499 g/mol. The summed E-state index contributed by atoms with van der Waals surface area (Å²) in [4.78, 5) is 21.7. The van der Waals surface area contributed by atoms with Crippen molar-refractivity contribution in [2.75, 3.05) is 39.5 Å². The van der Waals surface area contributed by atoms with Crippen LogP contribution in [0.2, 0.25) is 0 Å². The summed E-state index contributed by atoms with van der Waals surface area (Å²) in [5.74, 6) is 0.961. The molecule has 0 bridgehead atoms. The third-order valence-electron chi connectivity index (χ3n) is 6.39. The molecule has 192 valence electrons. The number of likely N-dealkylation sites (tertiary alicyclic amines) is 1. The maximum atomic E-state index is 13.8. The van der Waals surface area contributed by atoms with Crippen LogP contribution in [0, 0.1) is 0 Å². The number of nitrogens with zero attached hydrogens (tertiary/aromatic N) is 4. The largest absolute Gasteiger partial charge is 0.486 e. The molecule has 0 saturated carbocycles. The molecule has 2 aliphatic heterocycles. The molecule has 11 heteroatoms. The Hall–Kier alpha value is -3.44. The maximum Gasteiger partial charge on any atom is 0.220 e. The van der Waals surface area contributed by atoms with Gasteiger partial charge in [0.25, 0.3) is 0 Å². The van der Waals surface area contributed by atoms with Gasteiger partial charge in [-0.25, -0.2) is 4.39 Å². The van der Waals surface area contributed by atoms with Gasteiger partial charge in [-0.1, -0.05) is 23.0 Å². The van der Waals surface area contributed by atoms with Crippen LogP contribution in [-0.2, 0) is 4.79 Å². The van der Waals surface area contributed by atoms with E-state index in [0.29, 0.717) is 62.8 Å². The van der Waals surface area contributed by atoms with Crippen LogP contribution in [0.5, 0.6) is 11.5 Å². The Morgan fingerprint density at radius 3 is 2.89 bits per heavy atom. The van der Waals surface area contributed by atoms with Crippen LogP contribution >= 0.6 is 0 Å². The Bertz CT molecular complexity index is 1190. The third kappa shape index (κ3) is 5.68. The number of nitrogens with one attached hydrogen (secondary N) is 1. The Balaban J connectivity index is 1.19. The maximum absolute atomic E-state index is 13.8. The highest BCUT2D eigenvalue weighted by Gasteiger charge is 2.30. The van der Waals surface area contributed by atoms with Gasteiger partial charge in [-0.2, -0.15) is 0 Å². The molecular formula is C25H30FN5O5. The number of ether oxygens (including phenoxy) is 2. The molecule has 5 rings (SSSR count). The van der Waals surface area contributed by atoms with Crippen LogP contribution in [0.3, 0.4) is 0 Å². The van der Waals surface area contributed by atoms with Crippen LogP contribution in [0.15, 0.2) is 42.5 Å². The Labute approximate surface area is 207 Å². The van der Waals surface area contributed by atoms with E-state index in [9.17, 15) is 14.3 Å². The zero-order valence-electron chi connectivity index (χ0n) is 19.9. The van der Waals surface area contributed by atoms with Gasteiger partial charge in [0, 0.05) is 26.1 Å². The van der Waals surface area contributed by atoms with Crippen molar-refractivity contribution in [3.63, 3.8) is 0 Å². The lowest BCUT2D eigenvalue weighted by molar-refractivity contribution is -0.123. The summed E-state index contributed by atoms with van der Waals surface area (Å²) in [7, 11) is 0. The van der Waals surface area contributed by atoms with Gasteiger partial charge in [-0.05, 0) is 47.9 Å². The van der Waals surface area contributed by atoms with E-state index in [1.165, 1.54) is 4.85 Å². The first-order chi connectivity index (χ1) is 17.6. The molecule has 3 aromatic rings. The van der Waals surface area contributed by atoms with Gasteiger partial charge in [0.15, 0.2) is 11.5 Å². The summed E-state index contributed by atoms with van der Waals surface area (Å²) in [6.45, 7) is 2.39. The molecule has 1 amide bonds. The molecular weight excluding hydrogens is 469 g/mol. The molecule has 3 atom stereocenters. The summed E-state index contributed by atoms with van der Waals surface area (Å²) in [5, 5.41) is 22.1. The molecule has 10 nitrogen and oxygen atoms in total. The van der Waals surface area contributed by atoms with Crippen LogP contribution in [0.25, 0.3) is 11.0 Å². The number of hydrogen-bond acceptors (Lipinski definition) is 8. The van der Waals surface area contributed by atoms with E-state index < -0.39 is 18.3 Å². The number of alkyl halides is 1. The van der Waals surface area contributed by atoms with Crippen molar-refractivity contribution in [3.05, 3.63) is 48.0 Å². The lowest BCUT2D eigenvalue weighted by Gasteiger charge is -2.29. The van der Waals surface area contributed by atoms with E-state index in [-0.39, 0.29) is 18.9 Å². The van der Waals surface area contributed by atoms with E-state index >= 15 is 0 Å². The van der Waals surface area contributed by atoms with Gasteiger partial charge in [-0.15, -0.1) is 5.10 Å². The fourth-order valence-corrected chi connectivity index (χ4v) is 4.54. The van der Waals surface area contributed by atoms with E-state index in [4.69, 9.17) is 14.3 Å². The minimum absolute atomic E-state index is 0.197. The van der Waals surface area contributed by atoms with E-state index in [2.05, 4.69) is 15.6 Å². The van der Waals surface area contributed by atoms with Gasteiger partial charge < -0.3 is 24.7 Å². The topological polar surface area (TPSA) is 111 Å². The number of carbonyl (C=O) groups is 1. The lowest BCUT2D eigenvalue weighted by Crippen LogP contribution is -2.47. The number of para-hydroxylation sites is 1. The van der Waals surface area contributed by atoms with E-state index in [1.807, 2.05) is 29.2 Å². The van der Waals surface area contributed by atoms with E-state index in [1.54, 1.807) is 18.2 Å². The van der Waals surface area contributed by atoms with Crippen LogP contribution in [0.4, 0.5) is 4.39 Å². The Morgan fingerprint density at radius 2 is 2.06 bits per heavy atom. The SMILES string of the molecule is O=C(CCCOn1nnc2ccccc21)NC(CN1CCC(F)C1)C(O)c1ccc2c(c1)OCCO2. The van der Waals surface area contributed by atoms with Gasteiger partial charge in [-0.3, -0.25) is 9.69 Å². The molecule has 36 heavy (non-hydrogen) atoms. The number of rotatable bonds is 10. The summed E-state index contributed by atoms with van der Waals surface area (Å²) >= 11 is 0. The summed E-state index contributed by atoms with van der Waals surface area (Å²) in [5.41, 5.74) is 2.08. The molecule has 3 unspecified atom stereocenters. The summed E-state index contributed by atoms with van der Waals surface area (Å²) in [6.07, 6.45) is -0.792. The number of halogens is 1. The summed E-state index contributed by atoms with van der Waals surface area (Å²) < 4.78 is 25.0. The predicted molar refractivity (Wildman–Crippen MR) is 128 cm³/mol. The average Bonchev–Trinajstić information content (AvgIpc) is 3.51. The molecule has 0 radical (unpaired) electrons. The number of hydrogen-bond donors (Lipinski definition) is 2. The van der Waals surface area contributed by atoms with Crippen molar-refractivity contribution in [1.29, 1.82) is 0 Å². The molecule has 1 saturated heterocycles. The quantitative estimate of drug-likeness (QED) is 0.406.